The summed E-state index contributed by atoms with van der Waals surface area (Å²) >= 11 is 0. The van der Waals surface area contributed by atoms with E-state index in [0.29, 0.717) is 0 Å². The standard InChI is InChI=1S/C11H17N.C8H6N2O/c1-2-12-10-6-9-11-7-4-3-5-8-11;11-8-3-1-2-6-4-9-10-5-7(6)8/h3-5,7-8,12H,2,6,9-10H2,1H3;1-5,11H. The number of rotatable bonds is 5. The lowest BCUT2D eigenvalue weighted by atomic mass is 10.1. The third-order valence-electron chi connectivity index (χ3n) is 3.48. The molecule has 1 aromatic heterocycles. The van der Waals surface area contributed by atoms with Gasteiger partial charge in [-0.25, -0.2) is 0 Å². The van der Waals surface area contributed by atoms with Crippen LogP contribution in [0.3, 0.4) is 0 Å². The monoisotopic (exact) mass is 309 g/mol. The second-order valence-electron chi connectivity index (χ2n) is 5.21. The molecule has 0 amide bonds. The molecule has 4 nitrogen and oxygen atoms in total. The van der Waals surface area contributed by atoms with E-state index in [-0.39, 0.29) is 5.75 Å². The molecule has 0 fully saturated rings. The third kappa shape index (κ3) is 5.68. The zero-order valence-corrected chi connectivity index (χ0v) is 13.4. The summed E-state index contributed by atoms with van der Waals surface area (Å²) in [7, 11) is 0. The lowest BCUT2D eigenvalue weighted by Crippen LogP contribution is -2.14. The zero-order chi connectivity index (χ0) is 16.3. The van der Waals surface area contributed by atoms with Crippen molar-refractivity contribution in [3.05, 3.63) is 66.5 Å². The van der Waals surface area contributed by atoms with Crippen LogP contribution in [0.15, 0.2) is 60.9 Å². The van der Waals surface area contributed by atoms with Gasteiger partial charge in [0.2, 0.25) is 0 Å². The second-order valence-corrected chi connectivity index (χ2v) is 5.21. The van der Waals surface area contributed by atoms with Crippen LogP contribution in [-0.2, 0) is 6.42 Å². The normalized spacial score (nSPS) is 10.1. The minimum atomic E-state index is 0.248. The van der Waals surface area contributed by atoms with E-state index < -0.39 is 0 Å². The van der Waals surface area contributed by atoms with Gasteiger partial charge in [-0.3, -0.25) is 0 Å². The number of phenolic OH excluding ortho intramolecular Hbond substituents is 1. The Balaban J connectivity index is 0.000000167. The maximum absolute atomic E-state index is 9.30. The first kappa shape index (κ1) is 16.9. The number of aryl methyl sites for hydroxylation is 1. The Bertz CT molecular complexity index is 696. The number of nitrogens with one attached hydrogen (secondary N) is 1. The molecule has 0 saturated heterocycles. The van der Waals surface area contributed by atoms with E-state index in [2.05, 4.69) is 52.8 Å². The van der Waals surface area contributed by atoms with Crippen molar-refractivity contribution in [3.63, 3.8) is 0 Å². The van der Waals surface area contributed by atoms with Gasteiger partial charge in [0.1, 0.15) is 5.75 Å². The van der Waals surface area contributed by atoms with Crippen molar-refractivity contribution in [1.82, 2.24) is 15.5 Å². The van der Waals surface area contributed by atoms with Crippen molar-refractivity contribution in [1.29, 1.82) is 0 Å². The maximum atomic E-state index is 9.30. The molecule has 3 aromatic rings. The summed E-state index contributed by atoms with van der Waals surface area (Å²) in [5.74, 6) is 0.248. The van der Waals surface area contributed by atoms with Crippen LogP contribution in [0.4, 0.5) is 0 Å². The van der Waals surface area contributed by atoms with E-state index in [0.717, 1.165) is 23.9 Å². The molecule has 0 atom stereocenters. The molecule has 1 heterocycles. The third-order valence-corrected chi connectivity index (χ3v) is 3.48. The summed E-state index contributed by atoms with van der Waals surface area (Å²) in [5.41, 5.74) is 1.44. The first-order valence-corrected chi connectivity index (χ1v) is 7.94. The Morgan fingerprint density at radius 1 is 0.957 bits per heavy atom. The van der Waals surface area contributed by atoms with Crippen LogP contribution in [0, 0.1) is 0 Å². The molecule has 0 saturated carbocycles. The van der Waals surface area contributed by atoms with Crippen LogP contribution in [0.1, 0.15) is 18.9 Å². The highest BCUT2D eigenvalue weighted by molar-refractivity contribution is 5.86. The Labute approximate surface area is 137 Å². The van der Waals surface area contributed by atoms with E-state index in [1.165, 1.54) is 18.4 Å². The Hall–Kier alpha value is -2.46. The molecular weight excluding hydrogens is 286 g/mol. The molecule has 0 unspecified atom stereocenters. The topological polar surface area (TPSA) is 58.0 Å². The average molecular weight is 309 g/mol. The van der Waals surface area contributed by atoms with Crippen LogP contribution in [0.5, 0.6) is 5.75 Å². The zero-order valence-electron chi connectivity index (χ0n) is 13.4. The lowest BCUT2D eigenvalue weighted by molar-refractivity contribution is 0.481. The first-order chi connectivity index (χ1) is 11.3. The predicted octanol–water partition coefficient (Wildman–Crippen LogP) is 3.56. The Kier molecular flexibility index (Phi) is 7.01. The largest absolute Gasteiger partial charge is 0.507 e. The lowest BCUT2D eigenvalue weighted by Gasteiger charge is -2.01. The second kappa shape index (κ2) is 9.54. The van der Waals surface area contributed by atoms with E-state index in [9.17, 15) is 5.11 Å². The molecule has 3 rings (SSSR count). The van der Waals surface area contributed by atoms with Crippen LogP contribution in [0.2, 0.25) is 0 Å². The number of hydrogen-bond acceptors (Lipinski definition) is 4. The van der Waals surface area contributed by atoms with Crippen molar-refractivity contribution in [2.75, 3.05) is 13.1 Å². The van der Waals surface area contributed by atoms with Crippen molar-refractivity contribution in [2.45, 2.75) is 19.8 Å². The highest BCUT2D eigenvalue weighted by Crippen LogP contribution is 2.21. The minimum absolute atomic E-state index is 0.248. The van der Waals surface area contributed by atoms with Crippen molar-refractivity contribution >= 4 is 10.8 Å². The van der Waals surface area contributed by atoms with Gasteiger partial charge in [0.15, 0.2) is 0 Å². The predicted molar refractivity (Wildman–Crippen MR) is 94.5 cm³/mol. The molecule has 0 aliphatic rings. The molecule has 0 aliphatic carbocycles. The van der Waals surface area contributed by atoms with Crippen molar-refractivity contribution in [3.8, 4) is 5.75 Å². The molecule has 4 heteroatoms. The minimum Gasteiger partial charge on any atom is -0.507 e. The van der Waals surface area contributed by atoms with Crippen LogP contribution in [-0.4, -0.2) is 28.4 Å². The first-order valence-electron chi connectivity index (χ1n) is 7.94. The smallest absolute Gasteiger partial charge is 0.125 e. The number of nitrogens with zero attached hydrogens (tertiary/aromatic N) is 2. The highest BCUT2D eigenvalue weighted by Gasteiger charge is 1.96. The summed E-state index contributed by atoms with van der Waals surface area (Å²) in [6.07, 6.45) is 5.59. The van der Waals surface area contributed by atoms with E-state index in [1.54, 1.807) is 24.5 Å². The fraction of sp³-hybridized carbons (Fsp3) is 0.263. The van der Waals surface area contributed by atoms with Crippen LogP contribution in [0.25, 0.3) is 10.8 Å². The molecule has 0 radical (unpaired) electrons. The van der Waals surface area contributed by atoms with Gasteiger partial charge in [-0.1, -0.05) is 49.4 Å². The number of fused-ring (bicyclic) bond motifs is 1. The molecule has 2 aromatic carbocycles. The van der Waals surface area contributed by atoms with Gasteiger partial charge in [-0.05, 0) is 37.6 Å². The molecule has 0 aliphatic heterocycles. The summed E-state index contributed by atoms with van der Waals surface area (Å²) < 4.78 is 0. The molecule has 0 spiro atoms. The van der Waals surface area contributed by atoms with Gasteiger partial charge in [0.05, 0.1) is 12.4 Å². The quantitative estimate of drug-likeness (QED) is 0.708. The Morgan fingerprint density at radius 3 is 2.48 bits per heavy atom. The SMILES string of the molecule is CCNCCCc1ccccc1.Oc1cccc2cnncc12. The molecule has 120 valence electrons. The van der Waals surface area contributed by atoms with Gasteiger partial charge in [-0.2, -0.15) is 10.2 Å². The number of benzene rings is 2. The summed E-state index contributed by atoms with van der Waals surface area (Å²) in [6.45, 7) is 4.35. The van der Waals surface area contributed by atoms with Gasteiger partial charge in [0.25, 0.3) is 0 Å². The van der Waals surface area contributed by atoms with Crippen molar-refractivity contribution < 1.29 is 5.11 Å². The van der Waals surface area contributed by atoms with Crippen LogP contribution >= 0.6 is 0 Å². The Morgan fingerprint density at radius 2 is 1.74 bits per heavy atom. The highest BCUT2D eigenvalue weighted by atomic mass is 16.3. The van der Waals surface area contributed by atoms with Crippen molar-refractivity contribution in [2.24, 2.45) is 0 Å². The molecule has 2 N–H and O–H groups in total. The maximum Gasteiger partial charge on any atom is 0.125 e. The van der Waals surface area contributed by atoms with Gasteiger partial charge in [-0.15, -0.1) is 0 Å². The summed E-state index contributed by atoms with van der Waals surface area (Å²) in [6, 6.07) is 15.9. The van der Waals surface area contributed by atoms with E-state index >= 15 is 0 Å². The van der Waals surface area contributed by atoms with E-state index in [4.69, 9.17) is 0 Å². The molecular formula is C19H23N3O. The number of hydrogen-bond donors (Lipinski definition) is 2. The van der Waals surface area contributed by atoms with E-state index in [1.807, 2.05) is 6.07 Å². The molecule has 23 heavy (non-hydrogen) atoms. The average Bonchev–Trinajstić information content (AvgIpc) is 2.61. The number of aromatic nitrogens is 2. The number of phenols is 1. The summed E-state index contributed by atoms with van der Waals surface area (Å²) in [5, 5.41) is 21.6. The van der Waals surface area contributed by atoms with Gasteiger partial charge < -0.3 is 10.4 Å². The fourth-order valence-corrected chi connectivity index (χ4v) is 2.25. The van der Waals surface area contributed by atoms with Gasteiger partial charge >= 0.3 is 0 Å². The fourth-order valence-electron chi connectivity index (χ4n) is 2.25. The van der Waals surface area contributed by atoms with Crippen LogP contribution < -0.4 is 5.32 Å². The number of aromatic hydroxyl groups is 1. The summed E-state index contributed by atoms with van der Waals surface area (Å²) in [4.78, 5) is 0. The van der Waals surface area contributed by atoms with Gasteiger partial charge in [0, 0.05) is 10.8 Å². The molecule has 0 bridgehead atoms.